The first-order valence-electron chi connectivity index (χ1n) is 7.72. The summed E-state index contributed by atoms with van der Waals surface area (Å²) in [5.41, 5.74) is 5.77. The molecular formula is C15H27N3O2. The Morgan fingerprint density at radius 2 is 1.90 bits per heavy atom. The minimum Gasteiger partial charge on any atom is -0.409 e. The van der Waals surface area contributed by atoms with E-state index in [0.29, 0.717) is 11.7 Å². The predicted octanol–water partition coefficient (Wildman–Crippen LogP) is 2.19. The highest BCUT2D eigenvalue weighted by Gasteiger charge is 2.40. The van der Waals surface area contributed by atoms with Crippen LogP contribution < -0.4 is 5.73 Å². The first-order valence-corrected chi connectivity index (χ1v) is 7.72. The molecule has 0 bridgehead atoms. The number of likely N-dealkylation sites (tertiary alicyclic amines) is 1. The average Bonchev–Trinajstić information content (AvgIpc) is 2.45. The van der Waals surface area contributed by atoms with Crippen LogP contribution in [0.25, 0.3) is 0 Å². The Morgan fingerprint density at radius 3 is 2.45 bits per heavy atom. The van der Waals surface area contributed by atoms with Crippen molar-refractivity contribution in [3.8, 4) is 0 Å². The summed E-state index contributed by atoms with van der Waals surface area (Å²) < 4.78 is 0. The van der Waals surface area contributed by atoms with Crippen LogP contribution in [0.4, 0.5) is 0 Å². The van der Waals surface area contributed by atoms with E-state index in [2.05, 4.69) is 19.0 Å². The van der Waals surface area contributed by atoms with Crippen molar-refractivity contribution in [3.05, 3.63) is 0 Å². The van der Waals surface area contributed by atoms with Crippen LogP contribution >= 0.6 is 0 Å². The third kappa shape index (κ3) is 3.07. The molecule has 5 heteroatoms. The Hall–Kier alpha value is -1.26. The average molecular weight is 281 g/mol. The minimum absolute atomic E-state index is 0.114. The molecule has 0 aromatic carbocycles. The normalized spacial score (nSPS) is 28.4. The van der Waals surface area contributed by atoms with Gasteiger partial charge in [0.25, 0.3) is 0 Å². The SMILES string of the molecule is CC1(C)CCCCC1C(=O)N1CCC(C(N)=NO)CC1. The quantitative estimate of drug-likeness (QED) is 0.352. The van der Waals surface area contributed by atoms with Crippen molar-refractivity contribution in [2.24, 2.45) is 28.1 Å². The van der Waals surface area contributed by atoms with Crippen molar-refractivity contribution < 1.29 is 10.0 Å². The van der Waals surface area contributed by atoms with E-state index in [9.17, 15) is 4.79 Å². The van der Waals surface area contributed by atoms with Gasteiger partial charge in [0.15, 0.2) is 0 Å². The van der Waals surface area contributed by atoms with Crippen molar-refractivity contribution in [1.82, 2.24) is 4.90 Å². The summed E-state index contributed by atoms with van der Waals surface area (Å²) in [5, 5.41) is 11.8. The summed E-state index contributed by atoms with van der Waals surface area (Å²) in [6.07, 6.45) is 6.17. The lowest BCUT2D eigenvalue weighted by Gasteiger charge is -2.42. The zero-order chi connectivity index (χ0) is 14.8. The molecule has 3 N–H and O–H groups in total. The molecular weight excluding hydrogens is 254 g/mol. The summed E-state index contributed by atoms with van der Waals surface area (Å²) >= 11 is 0. The molecule has 20 heavy (non-hydrogen) atoms. The van der Waals surface area contributed by atoms with E-state index in [1.165, 1.54) is 12.8 Å². The Kier molecular flexibility index (Phi) is 4.55. The fourth-order valence-corrected chi connectivity index (χ4v) is 3.65. The number of piperidine rings is 1. The largest absolute Gasteiger partial charge is 0.409 e. The first kappa shape index (κ1) is 15.1. The monoisotopic (exact) mass is 281 g/mol. The van der Waals surface area contributed by atoms with E-state index in [0.717, 1.165) is 38.8 Å². The molecule has 1 saturated heterocycles. The van der Waals surface area contributed by atoms with Crippen molar-refractivity contribution in [1.29, 1.82) is 0 Å². The van der Waals surface area contributed by atoms with Gasteiger partial charge in [-0.3, -0.25) is 4.79 Å². The Labute approximate surface area is 121 Å². The van der Waals surface area contributed by atoms with Gasteiger partial charge in [-0.2, -0.15) is 0 Å². The maximum absolute atomic E-state index is 12.7. The lowest BCUT2D eigenvalue weighted by atomic mass is 9.68. The molecule has 1 unspecified atom stereocenters. The Balaban J connectivity index is 1.94. The van der Waals surface area contributed by atoms with Gasteiger partial charge >= 0.3 is 0 Å². The highest BCUT2D eigenvalue weighted by atomic mass is 16.4. The molecule has 114 valence electrons. The molecule has 1 saturated carbocycles. The Morgan fingerprint density at radius 1 is 1.25 bits per heavy atom. The fourth-order valence-electron chi connectivity index (χ4n) is 3.65. The van der Waals surface area contributed by atoms with Crippen LogP contribution in [0, 0.1) is 17.3 Å². The second-order valence-electron chi connectivity index (χ2n) is 6.91. The molecule has 0 aromatic rings. The van der Waals surface area contributed by atoms with Crippen LogP contribution in [0.3, 0.4) is 0 Å². The van der Waals surface area contributed by atoms with Gasteiger partial charge in [0.1, 0.15) is 5.84 Å². The second kappa shape index (κ2) is 6.02. The van der Waals surface area contributed by atoms with Gasteiger partial charge in [-0.1, -0.05) is 31.8 Å². The van der Waals surface area contributed by atoms with Crippen molar-refractivity contribution in [2.75, 3.05) is 13.1 Å². The lowest BCUT2D eigenvalue weighted by Crippen LogP contribution is -2.48. The number of amides is 1. The van der Waals surface area contributed by atoms with E-state index < -0.39 is 0 Å². The molecule has 0 spiro atoms. The topological polar surface area (TPSA) is 78.9 Å². The number of nitrogens with zero attached hydrogens (tertiary/aromatic N) is 2. The van der Waals surface area contributed by atoms with Crippen LogP contribution in [0.2, 0.25) is 0 Å². The van der Waals surface area contributed by atoms with Crippen molar-refractivity contribution >= 4 is 11.7 Å². The summed E-state index contributed by atoms with van der Waals surface area (Å²) in [6, 6.07) is 0. The van der Waals surface area contributed by atoms with E-state index in [1.54, 1.807) is 0 Å². The molecule has 1 atom stereocenters. The number of hydrogen-bond acceptors (Lipinski definition) is 3. The van der Waals surface area contributed by atoms with E-state index in [4.69, 9.17) is 10.9 Å². The van der Waals surface area contributed by atoms with E-state index in [-0.39, 0.29) is 17.3 Å². The van der Waals surface area contributed by atoms with Gasteiger partial charge < -0.3 is 15.8 Å². The summed E-state index contributed by atoms with van der Waals surface area (Å²) in [7, 11) is 0. The van der Waals surface area contributed by atoms with Crippen LogP contribution in [-0.2, 0) is 4.79 Å². The maximum Gasteiger partial charge on any atom is 0.226 e. The van der Waals surface area contributed by atoms with Crippen LogP contribution in [0.5, 0.6) is 0 Å². The predicted molar refractivity (Wildman–Crippen MR) is 78.5 cm³/mol. The highest BCUT2D eigenvalue weighted by molar-refractivity contribution is 5.83. The van der Waals surface area contributed by atoms with Crippen molar-refractivity contribution in [2.45, 2.75) is 52.4 Å². The molecule has 0 aromatic heterocycles. The van der Waals surface area contributed by atoms with Gasteiger partial charge in [0.05, 0.1) is 0 Å². The standard InChI is InChI=1S/C15H27N3O2/c1-15(2)8-4-3-5-12(15)14(19)18-9-6-11(7-10-18)13(16)17-20/h11-12,20H,3-10H2,1-2H3,(H2,16,17). The second-order valence-corrected chi connectivity index (χ2v) is 6.91. The zero-order valence-electron chi connectivity index (χ0n) is 12.6. The van der Waals surface area contributed by atoms with Crippen molar-refractivity contribution in [3.63, 3.8) is 0 Å². The Bertz CT molecular complexity index is 385. The smallest absolute Gasteiger partial charge is 0.226 e. The lowest BCUT2D eigenvalue weighted by molar-refractivity contribution is -0.142. The van der Waals surface area contributed by atoms with Gasteiger partial charge in [0.2, 0.25) is 5.91 Å². The van der Waals surface area contributed by atoms with Gasteiger partial charge in [-0.25, -0.2) is 0 Å². The number of carbonyl (C=O) groups excluding carboxylic acids is 1. The number of hydrogen-bond donors (Lipinski definition) is 2. The summed E-state index contributed by atoms with van der Waals surface area (Å²) in [6.45, 7) is 5.90. The van der Waals surface area contributed by atoms with Crippen LogP contribution in [0.1, 0.15) is 52.4 Å². The number of oxime groups is 1. The first-order chi connectivity index (χ1) is 9.45. The molecule has 1 aliphatic heterocycles. The zero-order valence-corrected chi connectivity index (χ0v) is 12.6. The molecule has 0 radical (unpaired) electrons. The van der Waals surface area contributed by atoms with Gasteiger partial charge in [0, 0.05) is 24.9 Å². The molecule has 1 aliphatic carbocycles. The number of nitrogens with two attached hydrogens (primary N) is 1. The summed E-state index contributed by atoms with van der Waals surface area (Å²) in [4.78, 5) is 14.7. The molecule has 1 heterocycles. The molecule has 2 fully saturated rings. The molecule has 5 nitrogen and oxygen atoms in total. The fraction of sp³-hybridized carbons (Fsp3) is 0.867. The highest BCUT2D eigenvalue weighted by Crippen LogP contribution is 2.41. The summed E-state index contributed by atoms with van der Waals surface area (Å²) in [5.74, 6) is 0.892. The third-order valence-electron chi connectivity index (χ3n) is 5.15. The number of amidine groups is 1. The van der Waals surface area contributed by atoms with Crippen LogP contribution in [-0.4, -0.2) is 34.9 Å². The number of rotatable bonds is 2. The third-order valence-corrected chi connectivity index (χ3v) is 5.15. The minimum atomic E-state index is 0.114. The van der Waals surface area contributed by atoms with Gasteiger partial charge in [-0.05, 0) is 31.1 Å². The van der Waals surface area contributed by atoms with Gasteiger partial charge in [-0.15, -0.1) is 0 Å². The van der Waals surface area contributed by atoms with E-state index in [1.807, 2.05) is 4.90 Å². The number of carbonyl (C=O) groups is 1. The van der Waals surface area contributed by atoms with Crippen LogP contribution in [0.15, 0.2) is 5.16 Å². The maximum atomic E-state index is 12.7. The molecule has 2 aliphatic rings. The molecule has 2 rings (SSSR count). The molecule has 1 amide bonds. The van der Waals surface area contributed by atoms with E-state index >= 15 is 0 Å².